The molecule has 6 nitrogen and oxygen atoms in total. The quantitative estimate of drug-likeness (QED) is 0.867. The van der Waals surface area contributed by atoms with Gasteiger partial charge in [-0.1, -0.05) is 0 Å². The molecule has 0 saturated heterocycles. The molecular weight excluding hydrogens is 264 g/mol. The van der Waals surface area contributed by atoms with Crippen molar-refractivity contribution in [3.05, 3.63) is 34.1 Å². The van der Waals surface area contributed by atoms with Crippen LogP contribution in [0.4, 0.5) is 5.13 Å². The number of nitrogens with one attached hydrogen (secondary N) is 1. The smallest absolute Gasteiger partial charge is 0.259 e. The Balaban J connectivity index is 2.20. The first kappa shape index (κ1) is 13.3. The van der Waals surface area contributed by atoms with Gasteiger partial charge in [0.2, 0.25) is 0 Å². The normalized spacial score (nSPS) is 10.3. The monoisotopic (exact) mass is 276 g/mol. The van der Waals surface area contributed by atoms with Crippen LogP contribution in [0.2, 0.25) is 0 Å². The van der Waals surface area contributed by atoms with Crippen LogP contribution in [0.3, 0.4) is 0 Å². The highest BCUT2D eigenvalue weighted by Gasteiger charge is 2.14. The summed E-state index contributed by atoms with van der Waals surface area (Å²) < 4.78 is 0. The van der Waals surface area contributed by atoms with Gasteiger partial charge in [0.1, 0.15) is 5.69 Å². The van der Waals surface area contributed by atoms with Crippen molar-refractivity contribution in [1.29, 1.82) is 0 Å². The highest BCUT2D eigenvalue weighted by Crippen LogP contribution is 2.17. The first-order valence-electron chi connectivity index (χ1n) is 5.56. The molecule has 19 heavy (non-hydrogen) atoms. The van der Waals surface area contributed by atoms with Crippen LogP contribution in [0.1, 0.15) is 39.2 Å². The Bertz CT molecular complexity index is 651. The molecule has 0 bridgehead atoms. The van der Waals surface area contributed by atoms with Gasteiger partial charge >= 0.3 is 0 Å². The van der Waals surface area contributed by atoms with Gasteiger partial charge in [-0.25, -0.2) is 4.98 Å². The van der Waals surface area contributed by atoms with Crippen LogP contribution in [0.15, 0.2) is 11.4 Å². The summed E-state index contributed by atoms with van der Waals surface area (Å²) >= 11 is 1.21. The van der Waals surface area contributed by atoms with E-state index in [2.05, 4.69) is 20.5 Å². The number of aryl methyl sites for hydroxylation is 2. The second-order valence-corrected chi connectivity index (χ2v) is 4.89. The van der Waals surface area contributed by atoms with Gasteiger partial charge in [-0.2, -0.15) is 10.2 Å². The lowest BCUT2D eigenvalue weighted by Gasteiger charge is -2.04. The van der Waals surface area contributed by atoms with Crippen molar-refractivity contribution in [2.45, 2.75) is 20.8 Å². The number of carbonyl (C=O) groups excluding carboxylic acids is 2. The minimum absolute atomic E-state index is 0.130. The molecule has 1 N–H and O–H groups in total. The lowest BCUT2D eigenvalue weighted by atomic mass is 10.2. The zero-order valence-corrected chi connectivity index (χ0v) is 11.5. The van der Waals surface area contributed by atoms with Gasteiger partial charge in [-0.05, 0) is 19.9 Å². The lowest BCUT2D eigenvalue weighted by molar-refractivity contribution is 0.100. The summed E-state index contributed by atoms with van der Waals surface area (Å²) in [6.07, 6.45) is 0. The third-order valence-electron chi connectivity index (χ3n) is 2.43. The summed E-state index contributed by atoms with van der Waals surface area (Å²) in [5.74, 6) is -0.436. The number of rotatable bonds is 3. The number of anilines is 1. The summed E-state index contributed by atoms with van der Waals surface area (Å²) in [6.45, 7) is 4.91. The van der Waals surface area contributed by atoms with E-state index in [1.807, 2.05) is 0 Å². The zero-order valence-electron chi connectivity index (χ0n) is 10.7. The van der Waals surface area contributed by atoms with Crippen molar-refractivity contribution in [3.8, 4) is 0 Å². The lowest BCUT2D eigenvalue weighted by Crippen LogP contribution is -2.15. The van der Waals surface area contributed by atoms with E-state index in [4.69, 9.17) is 0 Å². The number of nitrogens with zero attached hydrogens (tertiary/aromatic N) is 3. The number of thiazole rings is 1. The molecule has 7 heteroatoms. The number of hydrogen-bond donors (Lipinski definition) is 1. The van der Waals surface area contributed by atoms with Crippen molar-refractivity contribution >= 4 is 28.2 Å². The summed E-state index contributed by atoms with van der Waals surface area (Å²) in [7, 11) is 0. The van der Waals surface area contributed by atoms with E-state index in [-0.39, 0.29) is 11.7 Å². The van der Waals surface area contributed by atoms with Crippen LogP contribution in [0.25, 0.3) is 0 Å². The van der Waals surface area contributed by atoms with Crippen molar-refractivity contribution in [1.82, 2.24) is 15.2 Å². The van der Waals surface area contributed by atoms with Gasteiger partial charge in [0.05, 0.1) is 17.0 Å². The molecule has 0 saturated carbocycles. The first-order valence-corrected chi connectivity index (χ1v) is 6.44. The van der Waals surface area contributed by atoms with Gasteiger partial charge in [0.15, 0.2) is 10.9 Å². The Morgan fingerprint density at radius 2 is 2.00 bits per heavy atom. The molecule has 0 unspecified atom stereocenters. The SMILES string of the molecule is CC(=O)c1csc(NC(=O)c2cc(C)nnc2C)n1. The number of hydrogen-bond acceptors (Lipinski definition) is 6. The molecule has 0 spiro atoms. The van der Waals surface area contributed by atoms with Gasteiger partial charge in [0.25, 0.3) is 5.91 Å². The van der Waals surface area contributed by atoms with Gasteiger partial charge in [-0.3, -0.25) is 14.9 Å². The third-order valence-corrected chi connectivity index (χ3v) is 3.19. The second kappa shape index (κ2) is 5.23. The maximum absolute atomic E-state index is 12.1. The average Bonchev–Trinajstić information content (AvgIpc) is 2.80. The van der Waals surface area contributed by atoms with E-state index in [1.165, 1.54) is 18.3 Å². The molecular formula is C12H12N4O2S. The predicted molar refractivity (Wildman–Crippen MR) is 71.6 cm³/mol. The maximum atomic E-state index is 12.1. The molecule has 0 aliphatic heterocycles. The van der Waals surface area contributed by atoms with Crippen molar-refractivity contribution in [2.24, 2.45) is 0 Å². The number of carbonyl (C=O) groups is 2. The molecule has 98 valence electrons. The van der Waals surface area contributed by atoms with Gasteiger partial charge < -0.3 is 0 Å². The summed E-state index contributed by atoms with van der Waals surface area (Å²) in [4.78, 5) is 27.2. The Morgan fingerprint density at radius 3 is 2.63 bits per heavy atom. The fraction of sp³-hybridized carbons (Fsp3) is 0.250. The van der Waals surface area contributed by atoms with E-state index in [0.29, 0.717) is 27.8 Å². The first-order chi connectivity index (χ1) is 8.97. The molecule has 2 aromatic heterocycles. The van der Waals surface area contributed by atoms with E-state index < -0.39 is 0 Å². The Morgan fingerprint density at radius 1 is 1.26 bits per heavy atom. The minimum Gasteiger partial charge on any atom is -0.298 e. The predicted octanol–water partition coefficient (Wildman–Crippen LogP) is 2.00. The van der Waals surface area contributed by atoms with Crippen LogP contribution in [-0.2, 0) is 0 Å². The molecule has 0 aromatic carbocycles. The largest absolute Gasteiger partial charge is 0.298 e. The van der Waals surface area contributed by atoms with E-state index >= 15 is 0 Å². The Kier molecular flexibility index (Phi) is 3.66. The molecule has 0 aliphatic carbocycles. The standard InChI is InChI=1S/C12H12N4O2S/c1-6-4-9(7(2)16-15-6)11(18)14-12-13-10(5-19-12)8(3)17/h4-5H,1-3H3,(H,13,14,18). The molecule has 0 atom stereocenters. The highest BCUT2D eigenvalue weighted by atomic mass is 32.1. The minimum atomic E-state index is -0.306. The van der Waals surface area contributed by atoms with Crippen molar-refractivity contribution in [2.75, 3.05) is 5.32 Å². The second-order valence-electron chi connectivity index (χ2n) is 4.03. The summed E-state index contributed by atoms with van der Waals surface area (Å²) in [5.41, 5.74) is 2.01. The van der Waals surface area contributed by atoms with Gasteiger partial charge in [-0.15, -0.1) is 11.3 Å². The number of ketones is 1. The van der Waals surface area contributed by atoms with E-state index in [0.717, 1.165) is 0 Å². The summed E-state index contributed by atoms with van der Waals surface area (Å²) in [6, 6.07) is 1.66. The van der Waals surface area contributed by atoms with Gasteiger partial charge in [0, 0.05) is 12.3 Å². The molecule has 1 amide bonds. The average molecular weight is 276 g/mol. The Hall–Kier alpha value is -2.15. The van der Waals surface area contributed by atoms with Crippen molar-refractivity contribution < 1.29 is 9.59 Å². The maximum Gasteiger partial charge on any atom is 0.259 e. The summed E-state index contributed by atoms with van der Waals surface area (Å²) in [5, 5.41) is 12.4. The molecule has 2 heterocycles. The third kappa shape index (κ3) is 3.00. The highest BCUT2D eigenvalue weighted by molar-refractivity contribution is 7.14. The van der Waals surface area contributed by atoms with Crippen molar-refractivity contribution in [3.63, 3.8) is 0 Å². The van der Waals surface area contributed by atoms with Crippen LogP contribution in [-0.4, -0.2) is 26.9 Å². The van der Waals surface area contributed by atoms with Crippen LogP contribution in [0.5, 0.6) is 0 Å². The fourth-order valence-corrected chi connectivity index (χ4v) is 2.18. The zero-order chi connectivity index (χ0) is 14.0. The number of Topliss-reactive ketones (excluding diaryl/α,β-unsaturated/α-hetero) is 1. The number of amides is 1. The Labute approximate surface area is 113 Å². The topological polar surface area (TPSA) is 84.8 Å². The number of aromatic nitrogens is 3. The molecule has 2 aromatic rings. The van der Waals surface area contributed by atoms with E-state index in [1.54, 1.807) is 25.3 Å². The molecule has 0 radical (unpaired) electrons. The van der Waals surface area contributed by atoms with Crippen LogP contribution >= 0.6 is 11.3 Å². The molecule has 0 aliphatic rings. The van der Waals surface area contributed by atoms with E-state index in [9.17, 15) is 9.59 Å². The molecule has 2 rings (SSSR count). The fourth-order valence-electron chi connectivity index (χ4n) is 1.44. The van der Waals surface area contributed by atoms with Crippen LogP contribution in [0, 0.1) is 13.8 Å². The molecule has 0 fully saturated rings. The van der Waals surface area contributed by atoms with Crippen LogP contribution < -0.4 is 5.32 Å².